The van der Waals surface area contributed by atoms with Gasteiger partial charge in [-0.05, 0) is 25.1 Å². The van der Waals surface area contributed by atoms with E-state index in [4.69, 9.17) is 26.7 Å². The van der Waals surface area contributed by atoms with Crippen LogP contribution in [0.2, 0.25) is 5.02 Å². The van der Waals surface area contributed by atoms with Crippen LogP contribution >= 0.6 is 11.6 Å². The van der Waals surface area contributed by atoms with Gasteiger partial charge in [-0.3, -0.25) is 4.79 Å². The van der Waals surface area contributed by atoms with Crippen LogP contribution in [-0.2, 0) is 19.6 Å². The molecule has 7 nitrogen and oxygen atoms in total. The van der Waals surface area contributed by atoms with Gasteiger partial charge in [-0.2, -0.15) is 9.98 Å². The van der Waals surface area contributed by atoms with E-state index in [0.29, 0.717) is 0 Å². The number of rotatable bonds is 6. The molecule has 0 unspecified atom stereocenters. The number of carboxylic acids is 1. The summed E-state index contributed by atoms with van der Waals surface area (Å²) in [7, 11) is -2.86. The molecule has 1 aromatic rings. The van der Waals surface area contributed by atoms with Gasteiger partial charge in [-0.1, -0.05) is 11.6 Å². The zero-order valence-electron chi connectivity index (χ0n) is 11.2. The van der Waals surface area contributed by atoms with E-state index < -0.39 is 28.1 Å². The molecule has 0 aliphatic rings. The van der Waals surface area contributed by atoms with Crippen LogP contribution in [0, 0.1) is 11.3 Å². The van der Waals surface area contributed by atoms with E-state index in [0.717, 1.165) is 6.07 Å². The summed E-state index contributed by atoms with van der Waals surface area (Å²) in [5.74, 6) is -1.37. The second-order valence-corrected chi connectivity index (χ2v) is 6.25. The van der Waals surface area contributed by atoms with E-state index in [-0.39, 0.29) is 15.5 Å². The van der Waals surface area contributed by atoms with Gasteiger partial charge in [-0.25, -0.2) is 8.42 Å². The Bertz CT molecular complexity index is 683. The second-order valence-electron chi connectivity index (χ2n) is 4.13. The Balaban J connectivity index is 3.17. The topological polar surface area (TPSA) is 116 Å². The molecule has 0 aliphatic heterocycles. The first-order valence-corrected chi connectivity index (χ1v) is 7.56. The molecule has 0 heterocycles. The monoisotopic (exact) mass is 332 g/mol. The van der Waals surface area contributed by atoms with Crippen molar-refractivity contribution in [1.82, 2.24) is 4.72 Å². The number of aliphatic carboxylic acids is 1. The van der Waals surface area contributed by atoms with Crippen molar-refractivity contribution in [3.8, 4) is 6.07 Å². The maximum Gasteiger partial charge on any atom is 0.324 e. The number of carbonyl (C=O) groups is 1. The number of carboxylic acid groups (broad SMARTS) is 1. The van der Waals surface area contributed by atoms with Crippen LogP contribution in [-0.4, -0.2) is 38.7 Å². The molecule has 1 aromatic carbocycles. The van der Waals surface area contributed by atoms with Crippen LogP contribution in [0.5, 0.6) is 0 Å². The van der Waals surface area contributed by atoms with Gasteiger partial charge in [0.25, 0.3) is 0 Å². The zero-order chi connectivity index (χ0) is 16.2. The fourth-order valence-electron chi connectivity index (χ4n) is 1.48. The highest BCUT2D eigenvalue weighted by atomic mass is 35.5. The number of halogens is 1. The number of hydrogen-bond acceptors (Lipinski definition) is 5. The van der Waals surface area contributed by atoms with E-state index in [1.54, 1.807) is 6.07 Å². The number of nitrogens with zero attached hydrogens (tertiary/aromatic N) is 1. The summed E-state index contributed by atoms with van der Waals surface area (Å²) in [4.78, 5) is 10.9. The fourth-order valence-corrected chi connectivity index (χ4v) is 2.92. The highest BCUT2D eigenvalue weighted by Gasteiger charge is 2.30. The van der Waals surface area contributed by atoms with Crippen molar-refractivity contribution in [2.75, 3.05) is 7.11 Å². The van der Waals surface area contributed by atoms with Crippen molar-refractivity contribution in [2.24, 2.45) is 0 Å². The highest BCUT2D eigenvalue weighted by Crippen LogP contribution is 2.20. The molecule has 21 heavy (non-hydrogen) atoms. The van der Waals surface area contributed by atoms with Crippen LogP contribution in [0.4, 0.5) is 0 Å². The lowest BCUT2D eigenvalue weighted by Crippen LogP contribution is -2.48. The molecule has 0 saturated heterocycles. The standard InChI is InChI=1S/C12H13ClN2O5S/c1-7(20-2)11(12(16)17)15-21(18,19)9-3-4-10(13)8(5-9)6-14/h3-5,7,11,15H,1-2H3,(H,16,17)/t7-,11+/m1/s1. The predicted molar refractivity (Wildman–Crippen MR) is 74.4 cm³/mol. The van der Waals surface area contributed by atoms with Gasteiger partial charge in [-0.15, -0.1) is 0 Å². The molecule has 114 valence electrons. The summed E-state index contributed by atoms with van der Waals surface area (Å²) >= 11 is 5.72. The van der Waals surface area contributed by atoms with Crippen molar-refractivity contribution in [2.45, 2.75) is 24.0 Å². The zero-order valence-corrected chi connectivity index (χ0v) is 12.8. The van der Waals surface area contributed by atoms with E-state index in [2.05, 4.69) is 0 Å². The Hall–Kier alpha value is -1.66. The van der Waals surface area contributed by atoms with E-state index in [9.17, 15) is 13.2 Å². The van der Waals surface area contributed by atoms with Gasteiger partial charge in [0.1, 0.15) is 12.1 Å². The van der Waals surface area contributed by atoms with Crippen molar-refractivity contribution in [1.29, 1.82) is 5.26 Å². The lowest BCUT2D eigenvalue weighted by atomic mass is 10.2. The first-order valence-electron chi connectivity index (χ1n) is 5.70. The molecule has 0 amide bonds. The Labute approximate surface area is 127 Å². The number of ether oxygens (including phenoxy) is 1. The Morgan fingerprint density at radius 1 is 1.52 bits per heavy atom. The number of hydrogen-bond donors (Lipinski definition) is 2. The third-order valence-corrected chi connectivity index (χ3v) is 4.53. The normalized spacial score (nSPS) is 14.2. The summed E-state index contributed by atoms with van der Waals surface area (Å²) in [6, 6.07) is 3.80. The third kappa shape index (κ3) is 4.15. The minimum absolute atomic E-state index is 0.0220. The lowest BCUT2D eigenvalue weighted by molar-refractivity contribution is -0.142. The average molecular weight is 333 g/mol. The summed E-state index contributed by atoms with van der Waals surface area (Å²) in [6.45, 7) is 1.42. The first-order chi connectivity index (χ1) is 9.72. The van der Waals surface area contributed by atoms with E-state index in [1.165, 1.54) is 26.2 Å². The second kappa shape index (κ2) is 6.87. The number of sulfonamides is 1. The Morgan fingerprint density at radius 3 is 2.62 bits per heavy atom. The fraction of sp³-hybridized carbons (Fsp3) is 0.333. The van der Waals surface area contributed by atoms with Crippen LogP contribution < -0.4 is 4.72 Å². The van der Waals surface area contributed by atoms with Gasteiger partial charge in [0, 0.05) is 7.11 Å². The maximum atomic E-state index is 12.2. The van der Waals surface area contributed by atoms with Crippen molar-refractivity contribution < 1.29 is 23.1 Å². The molecule has 0 spiro atoms. The molecule has 0 aromatic heterocycles. The summed E-state index contributed by atoms with van der Waals surface area (Å²) in [6.07, 6.45) is -0.875. The van der Waals surface area contributed by atoms with Gasteiger partial charge < -0.3 is 9.84 Å². The Kier molecular flexibility index (Phi) is 5.69. The first kappa shape index (κ1) is 17.4. The van der Waals surface area contributed by atoms with Crippen LogP contribution in [0.25, 0.3) is 0 Å². The number of methoxy groups -OCH3 is 1. The molecule has 2 atom stereocenters. The van der Waals surface area contributed by atoms with Crippen LogP contribution in [0.1, 0.15) is 12.5 Å². The number of nitrogens with one attached hydrogen (secondary N) is 1. The molecule has 0 fully saturated rings. The SMILES string of the molecule is CO[C@H](C)[C@H](NS(=O)(=O)c1ccc(Cl)c(C#N)c1)C(=O)O. The number of benzene rings is 1. The molecule has 0 bridgehead atoms. The van der Waals surface area contributed by atoms with Crippen LogP contribution in [0.3, 0.4) is 0 Å². The quantitative estimate of drug-likeness (QED) is 0.802. The molecule has 0 radical (unpaired) electrons. The lowest BCUT2D eigenvalue weighted by Gasteiger charge is -2.20. The molecular weight excluding hydrogens is 320 g/mol. The predicted octanol–water partition coefficient (Wildman–Crippen LogP) is 0.978. The molecular formula is C12H13ClN2O5S. The number of nitriles is 1. The molecule has 2 N–H and O–H groups in total. The van der Waals surface area contributed by atoms with Crippen molar-refractivity contribution in [3.63, 3.8) is 0 Å². The minimum atomic E-state index is -4.13. The molecule has 9 heteroatoms. The summed E-state index contributed by atoms with van der Waals surface area (Å²) in [5, 5.41) is 18.0. The molecule has 1 rings (SSSR count). The van der Waals surface area contributed by atoms with Gasteiger partial charge in [0.2, 0.25) is 10.0 Å². The largest absolute Gasteiger partial charge is 0.480 e. The van der Waals surface area contributed by atoms with Crippen LogP contribution in [0.15, 0.2) is 23.1 Å². The van der Waals surface area contributed by atoms with Gasteiger partial charge >= 0.3 is 5.97 Å². The van der Waals surface area contributed by atoms with Crippen molar-refractivity contribution in [3.05, 3.63) is 28.8 Å². The van der Waals surface area contributed by atoms with Gasteiger partial charge in [0.15, 0.2) is 0 Å². The van der Waals surface area contributed by atoms with Gasteiger partial charge in [0.05, 0.1) is 21.6 Å². The molecule has 0 saturated carbocycles. The third-order valence-electron chi connectivity index (χ3n) is 2.76. The van der Waals surface area contributed by atoms with Crippen molar-refractivity contribution >= 4 is 27.6 Å². The van der Waals surface area contributed by atoms with E-state index in [1.807, 2.05) is 4.72 Å². The maximum absolute atomic E-state index is 12.2. The minimum Gasteiger partial charge on any atom is -0.480 e. The highest BCUT2D eigenvalue weighted by molar-refractivity contribution is 7.89. The average Bonchev–Trinajstić information content (AvgIpc) is 2.44. The molecule has 0 aliphatic carbocycles. The smallest absolute Gasteiger partial charge is 0.324 e. The summed E-state index contributed by atoms with van der Waals surface area (Å²) < 4.78 is 31.2. The Morgan fingerprint density at radius 2 is 2.14 bits per heavy atom. The summed E-state index contributed by atoms with van der Waals surface area (Å²) in [5.41, 5.74) is -0.0220. The van der Waals surface area contributed by atoms with E-state index >= 15 is 0 Å².